The number of amides is 2. The molecule has 7 heteroatoms. The van der Waals surface area contributed by atoms with E-state index < -0.39 is 11.8 Å². The third-order valence-corrected chi connectivity index (χ3v) is 3.31. The highest BCUT2D eigenvalue weighted by Gasteiger charge is 2.18. The minimum Gasteiger partial charge on any atom is -0.493 e. The lowest BCUT2D eigenvalue weighted by molar-refractivity contribution is -0.136. The summed E-state index contributed by atoms with van der Waals surface area (Å²) in [6.45, 7) is 1.80. The zero-order valence-electron chi connectivity index (χ0n) is 13.8. The van der Waals surface area contributed by atoms with Crippen LogP contribution in [-0.2, 0) is 16.0 Å². The zero-order valence-corrected chi connectivity index (χ0v) is 13.8. The summed E-state index contributed by atoms with van der Waals surface area (Å²) in [6.07, 6.45) is 2.07. The molecule has 7 nitrogen and oxygen atoms in total. The van der Waals surface area contributed by atoms with Crippen molar-refractivity contribution in [1.29, 1.82) is 0 Å². The molecule has 1 aromatic carbocycles. The van der Waals surface area contributed by atoms with E-state index in [1.807, 2.05) is 6.07 Å². The van der Waals surface area contributed by atoms with Crippen molar-refractivity contribution < 1.29 is 23.5 Å². The van der Waals surface area contributed by atoms with Crippen molar-refractivity contribution in [3.05, 3.63) is 42.4 Å². The lowest BCUT2D eigenvalue weighted by atomic mass is 10.2. The molecule has 0 aliphatic rings. The molecule has 1 unspecified atom stereocenters. The van der Waals surface area contributed by atoms with Gasteiger partial charge in [0.05, 0.1) is 20.5 Å². The first-order valence-corrected chi connectivity index (χ1v) is 7.39. The Morgan fingerprint density at radius 3 is 2.50 bits per heavy atom. The largest absolute Gasteiger partial charge is 0.493 e. The van der Waals surface area contributed by atoms with Gasteiger partial charge in [0.1, 0.15) is 5.76 Å². The second kappa shape index (κ2) is 8.05. The molecule has 0 bridgehead atoms. The number of hydrogen-bond donors (Lipinski definition) is 2. The molecule has 1 aromatic heterocycles. The summed E-state index contributed by atoms with van der Waals surface area (Å²) >= 11 is 0. The summed E-state index contributed by atoms with van der Waals surface area (Å²) in [4.78, 5) is 23.9. The van der Waals surface area contributed by atoms with Crippen LogP contribution >= 0.6 is 0 Å². The van der Waals surface area contributed by atoms with Crippen LogP contribution < -0.4 is 20.1 Å². The van der Waals surface area contributed by atoms with Crippen molar-refractivity contribution in [3.8, 4) is 11.5 Å². The molecule has 2 aromatic rings. The highest BCUT2D eigenvalue weighted by molar-refractivity contribution is 6.39. The second-order valence-corrected chi connectivity index (χ2v) is 5.18. The molecule has 24 heavy (non-hydrogen) atoms. The van der Waals surface area contributed by atoms with E-state index in [1.54, 1.807) is 37.5 Å². The van der Waals surface area contributed by atoms with Gasteiger partial charge in [-0.3, -0.25) is 9.59 Å². The molecule has 2 rings (SSSR count). The summed E-state index contributed by atoms with van der Waals surface area (Å²) < 4.78 is 15.5. The lowest BCUT2D eigenvalue weighted by Gasteiger charge is -2.13. The van der Waals surface area contributed by atoms with Gasteiger partial charge in [-0.15, -0.1) is 0 Å². The number of methoxy groups -OCH3 is 2. The van der Waals surface area contributed by atoms with Gasteiger partial charge in [0.25, 0.3) is 0 Å². The predicted molar refractivity (Wildman–Crippen MR) is 88.2 cm³/mol. The number of carbonyl (C=O) groups is 2. The number of anilines is 1. The zero-order chi connectivity index (χ0) is 17.5. The molecule has 0 spiro atoms. The maximum absolute atomic E-state index is 12.0. The monoisotopic (exact) mass is 332 g/mol. The molecule has 2 N–H and O–H groups in total. The fourth-order valence-electron chi connectivity index (χ4n) is 2.17. The first-order valence-electron chi connectivity index (χ1n) is 7.39. The van der Waals surface area contributed by atoms with Gasteiger partial charge < -0.3 is 24.5 Å². The number of hydrogen-bond acceptors (Lipinski definition) is 5. The maximum atomic E-state index is 12.0. The fourth-order valence-corrected chi connectivity index (χ4v) is 2.17. The lowest BCUT2D eigenvalue weighted by Crippen LogP contribution is -2.41. The number of nitrogens with one attached hydrogen (secondary N) is 2. The minimum atomic E-state index is -0.756. The van der Waals surface area contributed by atoms with Crippen LogP contribution in [0.2, 0.25) is 0 Å². The summed E-state index contributed by atoms with van der Waals surface area (Å²) in [5, 5.41) is 5.14. The minimum absolute atomic E-state index is 0.236. The normalized spacial score (nSPS) is 11.5. The summed E-state index contributed by atoms with van der Waals surface area (Å²) in [5.41, 5.74) is 0.437. The van der Waals surface area contributed by atoms with Crippen LogP contribution in [-0.4, -0.2) is 32.1 Å². The van der Waals surface area contributed by atoms with E-state index in [9.17, 15) is 9.59 Å². The van der Waals surface area contributed by atoms with Crippen LogP contribution in [0.15, 0.2) is 41.0 Å². The van der Waals surface area contributed by atoms with Gasteiger partial charge in [-0.1, -0.05) is 0 Å². The van der Waals surface area contributed by atoms with E-state index in [0.29, 0.717) is 23.6 Å². The molecule has 0 radical (unpaired) electrons. The molecule has 1 atom stereocenters. The third-order valence-electron chi connectivity index (χ3n) is 3.31. The molecule has 0 saturated heterocycles. The van der Waals surface area contributed by atoms with Gasteiger partial charge in [0, 0.05) is 24.2 Å². The number of ether oxygens (including phenoxy) is 2. The van der Waals surface area contributed by atoms with Gasteiger partial charge in [0.15, 0.2) is 11.5 Å². The third kappa shape index (κ3) is 4.52. The quantitative estimate of drug-likeness (QED) is 0.790. The first-order chi connectivity index (χ1) is 11.5. The van der Waals surface area contributed by atoms with Gasteiger partial charge in [-0.25, -0.2) is 0 Å². The van der Waals surface area contributed by atoms with Gasteiger partial charge in [-0.2, -0.15) is 0 Å². The highest BCUT2D eigenvalue weighted by atomic mass is 16.5. The molecule has 1 heterocycles. The van der Waals surface area contributed by atoms with Crippen LogP contribution in [0.3, 0.4) is 0 Å². The summed E-state index contributed by atoms with van der Waals surface area (Å²) in [7, 11) is 3.01. The van der Waals surface area contributed by atoms with E-state index in [2.05, 4.69) is 10.6 Å². The number of carbonyl (C=O) groups excluding carboxylic acids is 2. The Morgan fingerprint density at radius 2 is 1.88 bits per heavy atom. The SMILES string of the molecule is COc1ccc(NC(=O)C(=O)NC(C)Cc2ccco2)cc1OC. The van der Waals surface area contributed by atoms with Crippen LogP contribution in [0.5, 0.6) is 11.5 Å². The number of rotatable bonds is 6. The summed E-state index contributed by atoms with van der Waals surface area (Å²) in [5.74, 6) is 0.259. The molecule has 128 valence electrons. The Labute approximate surface area is 139 Å². The van der Waals surface area contributed by atoms with Crippen molar-refractivity contribution in [3.63, 3.8) is 0 Å². The van der Waals surface area contributed by atoms with Crippen molar-refractivity contribution in [1.82, 2.24) is 5.32 Å². The summed E-state index contributed by atoms with van der Waals surface area (Å²) in [6, 6.07) is 8.20. The van der Waals surface area contributed by atoms with E-state index >= 15 is 0 Å². The van der Waals surface area contributed by atoms with Crippen LogP contribution in [0.25, 0.3) is 0 Å². The Bertz CT molecular complexity index is 697. The van der Waals surface area contributed by atoms with Crippen molar-refractivity contribution in [2.75, 3.05) is 19.5 Å². The maximum Gasteiger partial charge on any atom is 0.313 e. The van der Waals surface area contributed by atoms with Crippen LogP contribution in [0.4, 0.5) is 5.69 Å². The van der Waals surface area contributed by atoms with E-state index in [-0.39, 0.29) is 6.04 Å². The topological polar surface area (TPSA) is 89.8 Å². The van der Waals surface area contributed by atoms with E-state index in [4.69, 9.17) is 13.9 Å². The molecule has 0 aliphatic carbocycles. The van der Waals surface area contributed by atoms with Crippen LogP contribution in [0, 0.1) is 0 Å². The smallest absolute Gasteiger partial charge is 0.313 e. The van der Waals surface area contributed by atoms with Gasteiger partial charge in [0.2, 0.25) is 0 Å². The van der Waals surface area contributed by atoms with Crippen molar-refractivity contribution >= 4 is 17.5 Å². The Morgan fingerprint density at radius 1 is 1.12 bits per heavy atom. The Kier molecular flexibility index (Phi) is 5.83. The highest BCUT2D eigenvalue weighted by Crippen LogP contribution is 2.29. The average Bonchev–Trinajstić information content (AvgIpc) is 3.07. The van der Waals surface area contributed by atoms with E-state index in [1.165, 1.54) is 14.2 Å². The van der Waals surface area contributed by atoms with Crippen molar-refractivity contribution in [2.45, 2.75) is 19.4 Å². The molecule has 0 saturated carbocycles. The Balaban J connectivity index is 1.92. The molecule has 2 amide bonds. The second-order valence-electron chi connectivity index (χ2n) is 5.18. The molecular formula is C17H20N2O5. The number of furan rings is 1. The molecule has 0 fully saturated rings. The van der Waals surface area contributed by atoms with E-state index in [0.717, 1.165) is 5.76 Å². The molecule has 0 aliphatic heterocycles. The Hall–Kier alpha value is -2.96. The van der Waals surface area contributed by atoms with Crippen molar-refractivity contribution in [2.24, 2.45) is 0 Å². The molecular weight excluding hydrogens is 312 g/mol. The van der Waals surface area contributed by atoms with Crippen LogP contribution in [0.1, 0.15) is 12.7 Å². The number of benzene rings is 1. The average molecular weight is 332 g/mol. The predicted octanol–water partition coefficient (Wildman–Crippen LogP) is 1.98. The first kappa shape index (κ1) is 17.4. The standard InChI is InChI=1S/C17H20N2O5/c1-11(9-13-5-4-8-24-13)18-16(20)17(21)19-12-6-7-14(22-2)15(10-12)23-3/h4-8,10-11H,9H2,1-3H3,(H,18,20)(H,19,21). The van der Waals surface area contributed by atoms with Gasteiger partial charge >= 0.3 is 11.8 Å². The fraction of sp³-hybridized carbons (Fsp3) is 0.294. The van der Waals surface area contributed by atoms with Gasteiger partial charge in [-0.05, 0) is 31.2 Å².